The highest BCUT2D eigenvalue weighted by molar-refractivity contribution is 5.62. The molecule has 1 heterocycles. The van der Waals surface area contributed by atoms with Crippen LogP contribution in [0.4, 0.5) is 5.69 Å². The Morgan fingerprint density at radius 2 is 2.40 bits per heavy atom. The summed E-state index contributed by atoms with van der Waals surface area (Å²) in [6.45, 7) is 2.27. The fourth-order valence-electron chi connectivity index (χ4n) is 1.74. The Kier molecular flexibility index (Phi) is 2.97. The van der Waals surface area contributed by atoms with E-state index in [2.05, 4.69) is 4.90 Å². The van der Waals surface area contributed by atoms with E-state index in [9.17, 15) is 0 Å². The normalized spacial score (nSPS) is 14.4. The molecule has 2 rings (SSSR count). The van der Waals surface area contributed by atoms with Crippen molar-refractivity contribution in [2.75, 3.05) is 38.3 Å². The van der Waals surface area contributed by atoms with Crippen LogP contribution >= 0.6 is 0 Å². The summed E-state index contributed by atoms with van der Waals surface area (Å²) < 4.78 is 10.7. The highest BCUT2D eigenvalue weighted by Crippen LogP contribution is 2.34. The van der Waals surface area contributed by atoms with Gasteiger partial charge in [-0.2, -0.15) is 0 Å². The van der Waals surface area contributed by atoms with Gasteiger partial charge in [-0.3, -0.25) is 0 Å². The second kappa shape index (κ2) is 4.40. The van der Waals surface area contributed by atoms with Crippen LogP contribution in [0.2, 0.25) is 0 Å². The Hall–Kier alpha value is -1.42. The van der Waals surface area contributed by atoms with Gasteiger partial charge >= 0.3 is 0 Å². The lowest BCUT2D eigenvalue weighted by molar-refractivity contribution is 0.277. The summed E-state index contributed by atoms with van der Waals surface area (Å²) in [5.74, 6) is 1.62. The second-order valence-corrected chi connectivity index (χ2v) is 3.39. The molecule has 1 aliphatic rings. The lowest BCUT2D eigenvalue weighted by Crippen LogP contribution is -2.34. The van der Waals surface area contributed by atoms with Crippen molar-refractivity contribution < 1.29 is 14.6 Å². The van der Waals surface area contributed by atoms with Crippen LogP contribution in [0.25, 0.3) is 0 Å². The van der Waals surface area contributed by atoms with Gasteiger partial charge in [-0.1, -0.05) is 0 Å². The van der Waals surface area contributed by atoms with Gasteiger partial charge < -0.3 is 19.5 Å². The van der Waals surface area contributed by atoms with Crippen LogP contribution in [0.5, 0.6) is 11.5 Å². The van der Waals surface area contributed by atoms with E-state index in [0.717, 1.165) is 23.7 Å². The van der Waals surface area contributed by atoms with Crippen molar-refractivity contribution in [3.8, 4) is 11.5 Å². The monoisotopic (exact) mass is 209 g/mol. The van der Waals surface area contributed by atoms with Crippen LogP contribution in [-0.4, -0.2) is 38.5 Å². The first kappa shape index (κ1) is 10.1. The van der Waals surface area contributed by atoms with Gasteiger partial charge in [-0.05, 0) is 12.1 Å². The van der Waals surface area contributed by atoms with Gasteiger partial charge in [0.25, 0.3) is 0 Å². The fourth-order valence-corrected chi connectivity index (χ4v) is 1.74. The molecular formula is C11H15NO3. The van der Waals surface area contributed by atoms with Crippen molar-refractivity contribution in [2.45, 2.75) is 0 Å². The second-order valence-electron chi connectivity index (χ2n) is 3.39. The largest absolute Gasteiger partial charge is 0.497 e. The van der Waals surface area contributed by atoms with Crippen molar-refractivity contribution >= 4 is 5.69 Å². The first-order valence-electron chi connectivity index (χ1n) is 5.02. The van der Waals surface area contributed by atoms with Gasteiger partial charge in [0.2, 0.25) is 0 Å². The fraction of sp³-hybridized carbons (Fsp3) is 0.455. The SMILES string of the molecule is COc1ccc2c(c1)OCCN2CCO. The zero-order valence-electron chi connectivity index (χ0n) is 8.77. The standard InChI is InChI=1S/C11H15NO3/c1-14-9-2-3-10-11(8-9)15-7-5-12(10)4-6-13/h2-3,8,13H,4-7H2,1H3. The van der Waals surface area contributed by atoms with E-state index in [0.29, 0.717) is 13.2 Å². The minimum atomic E-state index is 0.158. The smallest absolute Gasteiger partial charge is 0.146 e. The number of rotatable bonds is 3. The van der Waals surface area contributed by atoms with E-state index < -0.39 is 0 Å². The maximum absolute atomic E-state index is 8.94. The lowest BCUT2D eigenvalue weighted by Gasteiger charge is -2.30. The number of hydrogen-bond donors (Lipinski definition) is 1. The van der Waals surface area contributed by atoms with Crippen molar-refractivity contribution in [3.05, 3.63) is 18.2 Å². The molecule has 0 saturated heterocycles. The molecule has 1 aliphatic heterocycles. The zero-order valence-corrected chi connectivity index (χ0v) is 8.77. The van der Waals surface area contributed by atoms with Crippen molar-refractivity contribution in [3.63, 3.8) is 0 Å². The molecular weight excluding hydrogens is 194 g/mol. The van der Waals surface area contributed by atoms with E-state index >= 15 is 0 Å². The third-order valence-electron chi connectivity index (χ3n) is 2.50. The molecule has 1 N–H and O–H groups in total. The van der Waals surface area contributed by atoms with Crippen LogP contribution < -0.4 is 14.4 Å². The van der Waals surface area contributed by atoms with Gasteiger partial charge in [-0.25, -0.2) is 0 Å². The molecule has 1 aromatic rings. The van der Waals surface area contributed by atoms with Crippen LogP contribution in [0.3, 0.4) is 0 Å². The van der Waals surface area contributed by atoms with Crippen molar-refractivity contribution in [2.24, 2.45) is 0 Å². The van der Waals surface area contributed by atoms with Gasteiger partial charge in [0.15, 0.2) is 0 Å². The highest BCUT2D eigenvalue weighted by Gasteiger charge is 2.17. The summed E-state index contributed by atoms with van der Waals surface area (Å²) in [6.07, 6.45) is 0. The molecule has 0 bridgehead atoms. The Labute approximate surface area is 89.0 Å². The predicted molar refractivity (Wildman–Crippen MR) is 57.8 cm³/mol. The molecule has 15 heavy (non-hydrogen) atoms. The molecule has 1 aromatic carbocycles. The Bertz CT molecular complexity index is 341. The van der Waals surface area contributed by atoms with E-state index in [4.69, 9.17) is 14.6 Å². The predicted octanol–water partition coefficient (Wildman–Crippen LogP) is 0.886. The number of benzene rings is 1. The summed E-state index contributed by atoms with van der Waals surface area (Å²) >= 11 is 0. The van der Waals surface area contributed by atoms with Gasteiger partial charge in [0.05, 0.1) is 25.9 Å². The zero-order chi connectivity index (χ0) is 10.7. The molecule has 4 heteroatoms. The number of ether oxygens (including phenoxy) is 2. The first-order valence-corrected chi connectivity index (χ1v) is 5.02. The molecule has 82 valence electrons. The summed E-state index contributed by atoms with van der Waals surface area (Å²) in [4.78, 5) is 2.11. The van der Waals surface area contributed by atoms with Gasteiger partial charge in [0.1, 0.15) is 18.1 Å². The molecule has 0 radical (unpaired) electrons. The number of β-amino-alcohol motifs (C(OH)–C–C–N with tert-alkyl or cyclic N) is 1. The quantitative estimate of drug-likeness (QED) is 0.802. The van der Waals surface area contributed by atoms with E-state index in [-0.39, 0.29) is 6.61 Å². The molecule has 0 fully saturated rings. The molecule has 0 spiro atoms. The molecule has 4 nitrogen and oxygen atoms in total. The number of aliphatic hydroxyl groups excluding tert-OH is 1. The Morgan fingerprint density at radius 3 is 3.13 bits per heavy atom. The maximum atomic E-state index is 8.94. The van der Waals surface area contributed by atoms with Gasteiger partial charge in [0, 0.05) is 12.6 Å². The third kappa shape index (κ3) is 1.99. The van der Waals surface area contributed by atoms with E-state index in [1.54, 1.807) is 7.11 Å². The third-order valence-corrected chi connectivity index (χ3v) is 2.50. The number of anilines is 1. The highest BCUT2D eigenvalue weighted by atomic mass is 16.5. The molecule has 0 aliphatic carbocycles. The van der Waals surface area contributed by atoms with Gasteiger partial charge in [-0.15, -0.1) is 0 Å². The summed E-state index contributed by atoms with van der Waals surface area (Å²) in [5.41, 5.74) is 1.02. The average Bonchev–Trinajstić information content (AvgIpc) is 2.29. The van der Waals surface area contributed by atoms with Crippen LogP contribution in [0, 0.1) is 0 Å². The number of nitrogens with zero attached hydrogens (tertiary/aromatic N) is 1. The number of fused-ring (bicyclic) bond motifs is 1. The van der Waals surface area contributed by atoms with Crippen molar-refractivity contribution in [1.29, 1.82) is 0 Å². The Morgan fingerprint density at radius 1 is 1.53 bits per heavy atom. The molecule has 0 aromatic heterocycles. The van der Waals surface area contributed by atoms with Crippen LogP contribution in [-0.2, 0) is 0 Å². The summed E-state index contributed by atoms with van der Waals surface area (Å²) in [5, 5.41) is 8.94. The number of aliphatic hydroxyl groups is 1. The first-order chi connectivity index (χ1) is 7.35. The van der Waals surface area contributed by atoms with Crippen LogP contribution in [0.1, 0.15) is 0 Å². The average molecular weight is 209 g/mol. The minimum absolute atomic E-state index is 0.158. The number of methoxy groups -OCH3 is 1. The van der Waals surface area contributed by atoms with E-state index in [1.165, 1.54) is 0 Å². The maximum Gasteiger partial charge on any atom is 0.146 e. The van der Waals surface area contributed by atoms with E-state index in [1.807, 2.05) is 18.2 Å². The van der Waals surface area contributed by atoms with Crippen LogP contribution in [0.15, 0.2) is 18.2 Å². The topological polar surface area (TPSA) is 41.9 Å². The molecule has 0 saturated carbocycles. The molecule has 0 atom stereocenters. The van der Waals surface area contributed by atoms with Crippen molar-refractivity contribution in [1.82, 2.24) is 0 Å². The number of hydrogen-bond acceptors (Lipinski definition) is 4. The lowest BCUT2D eigenvalue weighted by atomic mass is 10.2. The summed E-state index contributed by atoms with van der Waals surface area (Å²) in [6, 6.07) is 5.74. The molecule has 0 unspecified atom stereocenters. The Balaban J connectivity index is 2.28. The minimum Gasteiger partial charge on any atom is -0.497 e. The molecule has 0 amide bonds. The summed E-state index contributed by atoms with van der Waals surface area (Å²) in [7, 11) is 1.63.